The van der Waals surface area contributed by atoms with E-state index in [1.165, 1.54) is 12.8 Å². The Morgan fingerprint density at radius 2 is 2.11 bits per heavy atom. The van der Waals surface area contributed by atoms with E-state index in [9.17, 15) is 9.59 Å². The molecule has 1 saturated carbocycles. The molecule has 2 fully saturated rings. The van der Waals surface area contributed by atoms with Gasteiger partial charge in [0.2, 0.25) is 5.91 Å². The van der Waals surface area contributed by atoms with E-state index in [1.807, 2.05) is 0 Å². The number of hydrogen-bond donors (Lipinski definition) is 2. The van der Waals surface area contributed by atoms with Gasteiger partial charge in [0.15, 0.2) is 0 Å². The number of amides is 1. The number of fused-ring (bicyclic) bond motifs is 1. The third-order valence-electron chi connectivity index (χ3n) is 3.98. The average molecular weight is 254 g/mol. The summed E-state index contributed by atoms with van der Waals surface area (Å²) in [7, 11) is 0. The third kappa shape index (κ3) is 3.45. The number of carbonyl (C=O) groups is 2. The van der Waals surface area contributed by atoms with Crippen LogP contribution in [0.4, 0.5) is 0 Å². The molecule has 0 aromatic heterocycles. The molecule has 2 atom stereocenters. The van der Waals surface area contributed by atoms with Crippen LogP contribution in [0.5, 0.6) is 0 Å². The smallest absolute Gasteiger partial charge is 0.303 e. The first kappa shape index (κ1) is 13.3. The lowest BCUT2D eigenvalue weighted by Crippen LogP contribution is -2.61. The Morgan fingerprint density at radius 1 is 1.33 bits per heavy atom. The zero-order valence-corrected chi connectivity index (χ0v) is 10.7. The van der Waals surface area contributed by atoms with Gasteiger partial charge >= 0.3 is 5.97 Å². The number of piperazine rings is 1. The number of nitrogens with one attached hydrogen (secondary N) is 1. The SMILES string of the molecule is O=C(O)CCCCN1CC(=O)NC2CCCCC21. The van der Waals surface area contributed by atoms with Crippen LogP contribution in [0, 0.1) is 0 Å². The lowest BCUT2D eigenvalue weighted by atomic mass is 9.87. The molecular formula is C13H22N2O3. The Bertz CT molecular complexity index is 319. The molecule has 0 spiro atoms. The topological polar surface area (TPSA) is 69.6 Å². The largest absolute Gasteiger partial charge is 0.481 e. The summed E-state index contributed by atoms with van der Waals surface area (Å²) < 4.78 is 0. The first-order valence-electron chi connectivity index (χ1n) is 6.92. The van der Waals surface area contributed by atoms with E-state index in [4.69, 9.17) is 5.11 Å². The molecule has 1 amide bonds. The van der Waals surface area contributed by atoms with E-state index in [1.54, 1.807) is 0 Å². The summed E-state index contributed by atoms with van der Waals surface area (Å²) in [6.45, 7) is 1.33. The fraction of sp³-hybridized carbons (Fsp3) is 0.846. The van der Waals surface area contributed by atoms with Crippen molar-refractivity contribution in [2.24, 2.45) is 0 Å². The van der Waals surface area contributed by atoms with Gasteiger partial charge in [0.1, 0.15) is 0 Å². The maximum atomic E-state index is 11.6. The Balaban J connectivity index is 1.81. The first-order valence-corrected chi connectivity index (χ1v) is 6.92. The van der Waals surface area contributed by atoms with E-state index in [-0.39, 0.29) is 12.3 Å². The second-order valence-electron chi connectivity index (χ2n) is 5.35. The van der Waals surface area contributed by atoms with E-state index in [0.717, 1.165) is 25.8 Å². The molecule has 1 saturated heterocycles. The zero-order valence-electron chi connectivity index (χ0n) is 10.7. The Kier molecular flexibility index (Phi) is 4.58. The summed E-state index contributed by atoms with van der Waals surface area (Å²) in [4.78, 5) is 24.3. The predicted molar refractivity (Wildman–Crippen MR) is 67.2 cm³/mol. The van der Waals surface area contributed by atoms with Gasteiger partial charge in [-0.3, -0.25) is 14.5 Å². The lowest BCUT2D eigenvalue weighted by molar-refractivity contribution is -0.137. The van der Waals surface area contributed by atoms with Crippen molar-refractivity contribution < 1.29 is 14.7 Å². The fourth-order valence-corrected chi connectivity index (χ4v) is 3.11. The number of hydrogen-bond acceptors (Lipinski definition) is 3. The highest BCUT2D eigenvalue weighted by molar-refractivity contribution is 5.79. The molecular weight excluding hydrogens is 232 g/mol. The zero-order chi connectivity index (χ0) is 13.0. The minimum absolute atomic E-state index is 0.122. The molecule has 0 bridgehead atoms. The summed E-state index contributed by atoms with van der Waals surface area (Å²) in [6, 6.07) is 0.792. The van der Waals surface area contributed by atoms with Crippen molar-refractivity contribution in [3.63, 3.8) is 0 Å². The van der Waals surface area contributed by atoms with Crippen LogP contribution in [0.2, 0.25) is 0 Å². The first-order chi connectivity index (χ1) is 8.66. The van der Waals surface area contributed by atoms with Crippen molar-refractivity contribution in [3.05, 3.63) is 0 Å². The molecule has 2 unspecified atom stereocenters. The van der Waals surface area contributed by atoms with Crippen molar-refractivity contribution in [1.29, 1.82) is 0 Å². The van der Waals surface area contributed by atoms with Crippen LogP contribution >= 0.6 is 0 Å². The van der Waals surface area contributed by atoms with Crippen LogP contribution in [0.25, 0.3) is 0 Å². The number of carboxylic acid groups (broad SMARTS) is 1. The highest BCUT2D eigenvalue weighted by atomic mass is 16.4. The van der Waals surface area contributed by atoms with Gasteiger partial charge in [0.25, 0.3) is 0 Å². The molecule has 0 radical (unpaired) electrons. The number of nitrogens with zero attached hydrogens (tertiary/aromatic N) is 1. The molecule has 18 heavy (non-hydrogen) atoms. The fourth-order valence-electron chi connectivity index (χ4n) is 3.11. The van der Waals surface area contributed by atoms with Gasteiger partial charge in [-0.1, -0.05) is 12.8 Å². The van der Waals surface area contributed by atoms with Crippen LogP contribution in [0.1, 0.15) is 44.9 Å². The van der Waals surface area contributed by atoms with Crippen LogP contribution < -0.4 is 5.32 Å². The third-order valence-corrected chi connectivity index (χ3v) is 3.98. The molecule has 1 heterocycles. The number of carboxylic acids is 1. The van der Waals surface area contributed by atoms with Crippen LogP contribution in [0.15, 0.2) is 0 Å². The van der Waals surface area contributed by atoms with Crippen molar-refractivity contribution >= 4 is 11.9 Å². The molecule has 2 rings (SSSR count). The number of carbonyl (C=O) groups excluding carboxylic acids is 1. The number of rotatable bonds is 5. The van der Waals surface area contributed by atoms with Gasteiger partial charge in [0.05, 0.1) is 6.54 Å². The summed E-state index contributed by atoms with van der Waals surface area (Å²) >= 11 is 0. The molecule has 2 aliphatic rings. The molecule has 1 aliphatic carbocycles. The molecule has 2 N–H and O–H groups in total. The molecule has 0 aromatic rings. The monoisotopic (exact) mass is 254 g/mol. The van der Waals surface area contributed by atoms with Gasteiger partial charge in [-0.2, -0.15) is 0 Å². The van der Waals surface area contributed by atoms with E-state index < -0.39 is 5.97 Å². The van der Waals surface area contributed by atoms with Crippen LogP contribution in [-0.4, -0.2) is 47.1 Å². The Hall–Kier alpha value is -1.10. The van der Waals surface area contributed by atoms with Gasteiger partial charge in [-0.05, 0) is 32.2 Å². The van der Waals surface area contributed by atoms with E-state index in [0.29, 0.717) is 25.0 Å². The summed E-state index contributed by atoms with van der Waals surface area (Å²) in [5, 5.41) is 11.7. The minimum atomic E-state index is -0.734. The highest BCUT2D eigenvalue weighted by Crippen LogP contribution is 2.25. The maximum Gasteiger partial charge on any atom is 0.303 e. The molecule has 5 nitrogen and oxygen atoms in total. The van der Waals surface area contributed by atoms with Crippen LogP contribution in [0.3, 0.4) is 0 Å². The highest BCUT2D eigenvalue weighted by Gasteiger charge is 2.35. The number of unbranched alkanes of at least 4 members (excludes halogenated alkanes) is 1. The number of aliphatic carboxylic acids is 1. The van der Waals surface area contributed by atoms with Gasteiger partial charge in [-0.25, -0.2) is 0 Å². The Labute approximate surface area is 108 Å². The quantitative estimate of drug-likeness (QED) is 0.718. The van der Waals surface area contributed by atoms with Crippen LogP contribution in [-0.2, 0) is 9.59 Å². The average Bonchev–Trinajstić information content (AvgIpc) is 2.34. The summed E-state index contributed by atoms with van der Waals surface area (Å²) in [5.41, 5.74) is 0. The van der Waals surface area contributed by atoms with Crippen molar-refractivity contribution in [1.82, 2.24) is 10.2 Å². The Morgan fingerprint density at radius 3 is 2.89 bits per heavy atom. The van der Waals surface area contributed by atoms with Gasteiger partial charge in [0, 0.05) is 18.5 Å². The predicted octanol–water partition coefficient (Wildman–Crippen LogP) is 0.984. The summed E-state index contributed by atoms with van der Waals surface area (Å²) in [5.74, 6) is -0.613. The van der Waals surface area contributed by atoms with Crippen molar-refractivity contribution in [3.8, 4) is 0 Å². The minimum Gasteiger partial charge on any atom is -0.481 e. The van der Waals surface area contributed by atoms with Gasteiger partial charge < -0.3 is 10.4 Å². The molecule has 1 aliphatic heterocycles. The summed E-state index contributed by atoms with van der Waals surface area (Å²) in [6.07, 6.45) is 6.48. The van der Waals surface area contributed by atoms with Gasteiger partial charge in [-0.15, -0.1) is 0 Å². The normalized spacial score (nSPS) is 28.6. The van der Waals surface area contributed by atoms with Crippen molar-refractivity contribution in [2.45, 2.75) is 57.0 Å². The second-order valence-corrected chi connectivity index (χ2v) is 5.35. The van der Waals surface area contributed by atoms with E-state index >= 15 is 0 Å². The second kappa shape index (κ2) is 6.18. The lowest BCUT2D eigenvalue weighted by Gasteiger charge is -2.44. The maximum absolute atomic E-state index is 11.6. The molecule has 102 valence electrons. The van der Waals surface area contributed by atoms with E-state index in [2.05, 4.69) is 10.2 Å². The standard InChI is InChI=1S/C13H22N2O3/c16-12-9-15(8-4-3-7-13(17)18)11-6-2-1-5-10(11)14-12/h10-11H,1-9H2,(H,14,16)(H,17,18). The molecule has 5 heteroatoms. The molecule has 0 aromatic carbocycles. The van der Waals surface area contributed by atoms with Crippen molar-refractivity contribution in [2.75, 3.05) is 13.1 Å².